The second-order valence-electron chi connectivity index (χ2n) is 4.00. The lowest BCUT2D eigenvalue weighted by molar-refractivity contribution is -0.253. The van der Waals surface area contributed by atoms with Crippen molar-refractivity contribution in [3.8, 4) is 0 Å². The second-order valence-corrected chi connectivity index (χ2v) is 4.00. The minimum absolute atomic E-state index is 0.180. The Morgan fingerprint density at radius 2 is 0.938 bits per heavy atom. The summed E-state index contributed by atoms with van der Waals surface area (Å²) in [6, 6.07) is 0. The third-order valence-corrected chi connectivity index (χ3v) is 3.35. The van der Waals surface area contributed by atoms with E-state index in [4.69, 9.17) is 10.5 Å². The maximum Gasteiger partial charge on any atom is 0.108 e. The predicted molar refractivity (Wildman–Crippen MR) is 60.2 cm³/mol. The molecule has 90 valence electrons. The molecule has 0 aliphatic carbocycles. The van der Waals surface area contributed by atoms with Crippen molar-refractivity contribution in [1.82, 2.24) is 0 Å². The average Bonchev–Trinajstić information content (AvgIpc) is 2.28. The molecule has 1 aromatic carbocycles. The lowest BCUT2D eigenvalue weighted by Crippen LogP contribution is -2.07. The molecule has 0 fully saturated rings. The minimum atomic E-state index is 0.180. The van der Waals surface area contributed by atoms with Crippen molar-refractivity contribution in [2.45, 2.75) is 40.9 Å². The first-order valence-electron chi connectivity index (χ1n) is 5.15. The molecule has 1 aromatic rings. The maximum absolute atomic E-state index is 8.56. The molecule has 0 heterocycles. The van der Waals surface area contributed by atoms with Crippen LogP contribution in [0.4, 0.5) is 0 Å². The van der Waals surface area contributed by atoms with Gasteiger partial charge in [-0.05, 0) is 61.1 Å². The van der Waals surface area contributed by atoms with Crippen LogP contribution in [0.2, 0.25) is 0 Å². The third-order valence-electron chi connectivity index (χ3n) is 3.35. The van der Waals surface area contributed by atoms with Crippen LogP contribution in [0.25, 0.3) is 0 Å². The molecular formula is C12H18O4. The van der Waals surface area contributed by atoms with Crippen molar-refractivity contribution >= 4 is 0 Å². The van der Waals surface area contributed by atoms with E-state index in [1.165, 1.54) is 0 Å². The predicted octanol–water partition coefficient (Wildman–Crippen LogP) is 2.90. The molecule has 2 N–H and O–H groups in total. The third kappa shape index (κ3) is 2.25. The van der Waals surface area contributed by atoms with Gasteiger partial charge in [-0.1, -0.05) is 0 Å². The number of hydrogen-bond acceptors (Lipinski definition) is 4. The molecule has 0 radical (unpaired) electrons. The number of benzene rings is 1. The molecule has 16 heavy (non-hydrogen) atoms. The molecule has 0 amide bonds. The van der Waals surface area contributed by atoms with Gasteiger partial charge in [0.25, 0.3) is 0 Å². The van der Waals surface area contributed by atoms with Crippen LogP contribution in [-0.4, -0.2) is 10.5 Å². The largest absolute Gasteiger partial charge is 0.251 e. The monoisotopic (exact) mass is 226 g/mol. The molecule has 4 heteroatoms. The molecule has 0 unspecified atom stereocenters. The van der Waals surface area contributed by atoms with Gasteiger partial charge >= 0.3 is 0 Å². The number of rotatable bonds is 4. The first-order chi connectivity index (χ1) is 7.54. The average molecular weight is 226 g/mol. The Balaban J connectivity index is 3.37. The molecular weight excluding hydrogens is 208 g/mol. The van der Waals surface area contributed by atoms with Crippen LogP contribution in [0, 0.1) is 27.7 Å². The molecule has 1 rings (SSSR count). The van der Waals surface area contributed by atoms with Crippen LogP contribution >= 0.6 is 0 Å². The molecule has 0 saturated carbocycles. The van der Waals surface area contributed by atoms with E-state index < -0.39 is 0 Å². The normalized spacial score (nSPS) is 10.9. The highest BCUT2D eigenvalue weighted by Crippen LogP contribution is 2.27. The van der Waals surface area contributed by atoms with Crippen molar-refractivity contribution < 1.29 is 20.3 Å². The zero-order valence-electron chi connectivity index (χ0n) is 10.1. The van der Waals surface area contributed by atoms with Crippen molar-refractivity contribution in [2.75, 3.05) is 0 Å². The summed E-state index contributed by atoms with van der Waals surface area (Å²) >= 11 is 0. The highest BCUT2D eigenvalue weighted by molar-refractivity contribution is 5.49. The lowest BCUT2D eigenvalue weighted by atomic mass is 9.89. The van der Waals surface area contributed by atoms with E-state index >= 15 is 0 Å². The van der Waals surface area contributed by atoms with E-state index in [9.17, 15) is 0 Å². The first kappa shape index (κ1) is 13.1. The van der Waals surface area contributed by atoms with Gasteiger partial charge < -0.3 is 0 Å². The summed E-state index contributed by atoms with van der Waals surface area (Å²) in [6.07, 6.45) is 0. The summed E-state index contributed by atoms with van der Waals surface area (Å²) in [5.74, 6) is 0. The fourth-order valence-electron chi connectivity index (χ4n) is 2.03. The summed E-state index contributed by atoms with van der Waals surface area (Å²) in [4.78, 5) is 8.44. The SMILES string of the molecule is Cc1c(C)c(COO)c(C)c(C)c1COO. The first-order valence-corrected chi connectivity index (χ1v) is 5.15. The van der Waals surface area contributed by atoms with Gasteiger partial charge in [-0.15, -0.1) is 0 Å². The molecule has 4 nitrogen and oxygen atoms in total. The number of hydrogen-bond donors (Lipinski definition) is 2. The van der Waals surface area contributed by atoms with E-state index in [2.05, 4.69) is 9.78 Å². The van der Waals surface area contributed by atoms with Crippen molar-refractivity contribution in [3.05, 3.63) is 33.4 Å². The Kier molecular flexibility index (Phi) is 4.44. The molecule has 0 aromatic heterocycles. The van der Waals surface area contributed by atoms with Crippen LogP contribution in [-0.2, 0) is 23.0 Å². The van der Waals surface area contributed by atoms with E-state index in [-0.39, 0.29) is 13.2 Å². The zero-order valence-corrected chi connectivity index (χ0v) is 10.1. The van der Waals surface area contributed by atoms with Crippen molar-refractivity contribution in [2.24, 2.45) is 0 Å². The molecule has 0 saturated heterocycles. The van der Waals surface area contributed by atoms with Crippen LogP contribution in [0.1, 0.15) is 33.4 Å². The molecule has 0 aliphatic heterocycles. The smallest absolute Gasteiger partial charge is 0.108 e. The van der Waals surface area contributed by atoms with E-state index in [1.54, 1.807) is 0 Å². The van der Waals surface area contributed by atoms with Crippen molar-refractivity contribution in [3.63, 3.8) is 0 Å². The highest BCUT2D eigenvalue weighted by atomic mass is 17.1. The minimum Gasteiger partial charge on any atom is -0.251 e. The van der Waals surface area contributed by atoms with Gasteiger partial charge in [0.15, 0.2) is 0 Å². The Hall–Kier alpha value is -0.940. The highest BCUT2D eigenvalue weighted by Gasteiger charge is 2.14. The van der Waals surface area contributed by atoms with Crippen LogP contribution in [0.5, 0.6) is 0 Å². The van der Waals surface area contributed by atoms with Gasteiger partial charge in [-0.3, -0.25) is 10.5 Å². The van der Waals surface area contributed by atoms with Gasteiger partial charge in [0.05, 0.1) is 0 Å². The van der Waals surface area contributed by atoms with Gasteiger partial charge in [-0.25, -0.2) is 9.78 Å². The van der Waals surface area contributed by atoms with Gasteiger partial charge in [0.1, 0.15) is 13.2 Å². The van der Waals surface area contributed by atoms with Crippen molar-refractivity contribution in [1.29, 1.82) is 0 Å². The second kappa shape index (κ2) is 5.41. The quantitative estimate of drug-likeness (QED) is 0.612. The van der Waals surface area contributed by atoms with Gasteiger partial charge in [0.2, 0.25) is 0 Å². The summed E-state index contributed by atoms with van der Waals surface area (Å²) < 4.78 is 0. The topological polar surface area (TPSA) is 58.9 Å². The molecule has 0 atom stereocenters. The molecule has 0 spiro atoms. The maximum atomic E-state index is 8.56. The van der Waals surface area contributed by atoms with E-state index in [1.807, 2.05) is 27.7 Å². The lowest BCUT2D eigenvalue weighted by Gasteiger charge is -2.18. The Morgan fingerprint density at radius 3 is 1.12 bits per heavy atom. The Bertz CT molecular complexity index is 319. The summed E-state index contributed by atoms with van der Waals surface area (Å²) in [7, 11) is 0. The summed E-state index contributed by atoms with van der Waals surface area (Å²) in [6.45, 7) is 8.24. The van der Waals surface area contributed by atoms with Crippen LogP contribution < -0.4 is 0 Å². The fraction of sp³-hybridized carbons (Fsp3) is 0.500. The summed E-state index contributed by atoms with van der Waals surface area (Å²) in [5.41, 5.74) is 6.21. The molecule has 0 aliphatic rings. The Morgan fingerprint density at radius 1 is 0.688 bits per heavy atom. The molecule has 0 bridgehead atoms. The van der Waals surface area contributed by atoms with Gasteiger partial charge in [0, 0.05) is 0 Å². The van der Waals surface area contributed by atoms with Crippen LogP contribution in [0.15, 0.2) is 0 Å². The van der Waals surface area contributed by atoms with E-state index in [0.717, 1.165) is 33.4 Å². The van der Waals surface area contributed by atoms with E-state index in [0.29, 0.717) is 0 Å². The fourth-order valence-corrected chi connectivity index (χ4v) is 2.03. The standard InChI is InChI=1S/C12H18O4/c1-7-8(2)12(6-16-14)10(4)9(3)11(7)5-15-13/h13-14H,5-6H2,1-4H3. The zero-order chi connectivity index (χ0) is 12.3. The van der Waals surface area contributed by atoms with Gasteiger partial charge in [-0.2, -0.15) is 0 Å². The Labute approximate surface area is 95.3 Å². The van der Waals surface area contributed by atoms with Crippen LogP contribution in [0.3, 0.4) is 0 Å². The summed E-state index contributed by atoms with van der Waals surface area (Å²) in [5, 5.41) is 17.1.